The number of benzene rings is 6. The SMILES string of the molecule is Cc1ccc(-c2cc(-c3ccccc3)c3ccccc3[n+]2-c2c(-c3ccccc3)ccc3ccccc23)cc1.[Cl-]. The number of aromatic nitrogens is 1. The molecule has 1 heterocycles. The van der Waals surface area contributed by atoms with E-state index in [0.29, 0.717) is 0 Å². The summed E-state index contributed by atoms with van der Waals surface area (Å²) in [4.78, 5) is 0. The lowest BCUT2D eigenvalue weighted by molar-refractivity contribution is -0.552. The summed E-state index contributed by atoms with van der Waals surface area (Å²) in [7, 11) is 0. The smallest absolute Gasteiger partial charge is 0.227 e. The topological polar surface area (TPSA) is 3.88 Å². The first-order chi connectivity index (χ1) is 19.3. The highest BCUT2D eigenvalue weighted by molar-refractivity contribution is 5.99. The average molecular weight is 534 g/mol. The molecule has 0 bridgehead atoms. The number of fused-ring (bicyclic) bond motifs is 2. The highest BCUT2D eigenvalue weighted by Crippen LogP contribution is 2.36. The Morgan fingerprint density at radius 3 is 1.73 bits per heavy atom. The molecule has 0 aliphatic heterocycles. The van der Waals surface area contributed by atoms with E-state index in [4.69, 9.17) is 0 Å². The molecule has 6 aromatic carbocycles. The van der Waals surface area contributed by atoms with Crippen molar-refractivity contribution in [2.75, 3.05) is 0 Å². The first-order valence-electron chi connectivity index (χ1n) is 13.5. The molecule has 0 amide bonds. The monoisotopic (exact) mass is 533 g/mol. The molecule has 2 heteroatoms. The molecule has 0 fully saturated rings. The minimum absolute atomic E-state index is 0. The van der Waals surface area contributed by atoms with Gasteiger partial charge in [-0.15, -0.1) is 0 Å². The van der Waals surface area contributed by atoms with Crippen LogP contribution < -0.4 is 17.0 Å². The first-order valence-corrected chi connectivity index (χ1v) is 13.5. The maximum atomic E-state index is 2.48. The van der Waals surface area contributed by atoms with E-state index in [2.05, 4.69) is 163 Å². The molecule has 0 saturated carbocycles. The van der Waals surface area contributed by atoms with E-state index in [-0.39, 0.29) is 12.4 Å². The molecule has 0 aliphatic rings. The van der Waals surface area contributed by atoms with Gasteiger partial charge in [-0.2, -0.15) is 4.57 Å². The van der Waals surface area contributed by atoms with Gasteiger partial charge in [0, 0.05) is 23.3 Å². The lowest BCUT2D eigenvalue weighted by atomic mass is 9.94. The molecule has 0 unspecified atom stereocenters. The lowest BCUT2D eigenvalue weighted by Gasteiger charge is -2.16. The van der Waals surface area contributed by atoms with Crippen LogP contribution in [0.25, 0.3) is 60.9 Å². The number of para-hydroxylation sites is 1. The van der Waals surface area contributed by atoms with Gasteiger partial charge in [-0.05, 0) is 53.8 Å². The van der Waals surface area contributed by atoms with Crippen LogP contribution >= 0.6 is 0 Å². The fourth-order valence-electron chi connectivity index (χ4n) is 5.69. The fourth-order valence-corrected chi connectivity index (χ4v) is 5.69. The molecule has 0 saturated heterocycles. The number of hydrogen-bond donors (Lipinski definition) is 0. The molecule has 1 nitrogen and oxygen atoms in total. The predicted octanol–water partition coefficient (Wildman–Crippen LogP) is 6.58. The Kier molecular flexibility index (Phi) is 6.90. The largest absolute Gasteiger partial charge is 1.00 e. The van der Waals surface area contributed by atoms with Crippen LogP contribution in [0.2, 0.25) is 0 Å². The maximum absolute atomic E-state index is 2.48. The van der Waals surface area contributed by atoms with Gasteiger partial charge in [0.25, 0.3) is 0 Å². The third kappa shape index (κ3) is 4.45. The van der Waals surface area contributed by atoms with Crippen molar-refractivity contribution in [1.29, 1.82) is 0 Å². The van der Waals surface area contributed by atoms with Crippen LogP contribution in [0.15, 0.2) is 152 Å². The van der Waals surface area contributed by atoms with Crippen LogP contribution in [0.3, 0.4) is 0 Å². The second-order valence-corrected chi connectivity index (χ2v) is 10.1. The van der Waals surface area contributed by atoms with E-state index in [1.807, 2.05) is 0 Å². The molecular formula is C38H28ClN. The fraction of sp³-hybridized carbons (Fsp3) is 0.0263. The van der Waals surface area contributed by atoms with Crippen molar-refractivity contribution >= 4 is 21.7 Å². The summed E-state index contributed by atoms with van der Waals surface area (Å²) in [6.45, 7) is 2.14. The third-order valence-electron chi connectivity index (χ3n) is 7.60. The summed E-state index contributed by atoms with van der Waals surface area (Å²) >= 11 is 0. The standard InChI is InChI=1S/C38H28N.ClH/c1-27-20-22-31(23-21-27)37-26-35(29-14-6-3-7-15-29)34-18-10-11-19-36(34)39(37)38-32-17-9-8-16-30(32)24-25-33(38)28-12-4-2-5-13-28;/h2-26H,1H3;1H/q+1;/p-1. The van der Waals surface area contributed by atoms with Crippen LogP contribution in [-0.4, -0.2) is 0 Å². The average Bonchev–Trinajstić information content (AvgIpc) is 3.01. The van der Waals surface area contributed by atoms with Crippen molar-refractivity contribution in [2.24, 2.45) is 0 Å². The molecular weight excluding hydrogens is 506 g/mol. The van der Waals surface area contributed by atoms with E-state index in [1.54, 1.807) is 0 Å². The van der Waals surface area contributed by atoms with Crippen molar-refractivity contribution in [3.8, 4) is 39.2 Å². The van der Waals surface area contributed by atoms with E-state index in [1.165, 1.54) is 66.4 Å². The highest BCUT2D eigenvalue weighted by atomic mass is 35.5. The van der Waals surface area contributed by atoms with Gasteiger partial charge in [0.2, 0.25) is 16.9 Å². The van der Waals surface area contributed by atoms with Crippen molar-refractivity contribution in [1.82, 2.24) is 0 Å². The predicted molar refractivity (Wildman–Crippen MR) is 164 cm³/mol. The Hall–Kier alpha value is -4.72. The molecule has 0 radical (unpaired) electrons. The Morgan fingerprint density at radius 1 is 0.450 bits per heavy atom. The zero-order valence-corrected chi connectivity index (χ0v) is 23.0. The Morgan fingerprint density at radius 2 is 1.02 bits per heavy atom. The second kappa shape index (κ2) is 10.8. The summed E-state index contributed by atoms with van der Waals surface area (Å²) < 4.78 is 2.48. The summed E-state index contributed by atoms with van der Waals surface area (Å²) in [6.07, 6.45) is 0. The molecule has 40 heavy (non-hydrogen) atoms. The maximum Gasteiger partial charge on any atom is 0.227 e. The Balaban J connectivity index is 0.00000289. The summed E-state index contributed by atoms with van der Waals surface area (Å²) in [6, 6.07) is 54.8. The van der Waals surface area contributed by atoms with Gasteiger partial charge in [-0.25, -0.2) is 0 Å². The van der Waals surface area contributed by atoms with Crippen molar-refractivity contribution in [3.63, 3.8) is 0 Å². The lowest BCUT2D eigenvalue weighted by Crippen LogP contribution is -3.00. The molecule has 7 rings (SSSR count). The molecule has 1 aromatic heterocycles. The van der Waals surface area contributed by atoms with Crippen LogP contribution in [0, 0.1) is 6.92 Å². The van der Waals surface area contributed by atoms with E-state index >= 15 is 0 Å². The summed E-state index contributed by atoms with van der Waals surface area (Å²) in [5, 5.41) is 3.69. The summed E-state index contributed by atoms with van der Waals surface area (Å²) in [5.41, 5.74) is 10.9. The van der Waals surface area contributed by atoms with Gasteiger partial charge in [-0.1, -0.05) is 115 Å². The second-order valence-electron chi connectivity index (χ2n) is 10.1. The zero-order chi connectivity index (χ0) is 26.2. The molecule has 0 aliphatic carbocycles. The Bertz CT molecular complexity index is 1940. The minimum atomic E-state index is 0. The quantitative estimate of drug-likeness (QED) is 0.225. The number of halogens is 1. The van der Waals surface area contributed by atoms with Gasteiger partial charge in [0.15, 0.2) is 0 Å². The van der Waals surface area contributed by atoms with E-state index < -0.39 is 0 Å². The molecule has 0 N–H and O–H groups in total. The number of hydrogen-bond acceptors (Lipinski definition) is 0. The van der Waals surface area contributed by atoms with E-state index in [9.17, 15) is 0 Å². The molecule has 0 atom stereocenters. The number of aryl methyl sites for hydroxylation is 1. The highest BCUT2D eigenvalue weighted by Gasteiger charge is 2.28. The van der Waals surface area contributed by atoms with Gasteiger partial charge >= 0.3 is 0 Å². The van der Waals surface area contributed by atoms with Crippen molar-refractivity contribution in [2.45, 2.75) is 6.92 Å². The van der Waals surface area contributed by atoms with Crippen LogP contribution in [0.5, 0.6) is 0 Å². The molecule has 7 aromatic rings. The normalized spacial score (nSPS) is 10.9. The minimum Gasteiger partial charge on any atom is -1.00 e. The van der Waals surface area contributed by atoms with Gasteiger partial charge in [0.05, 0.1) is 16.3 Å². The van der Waals surface area contributed by atoms with Gasteiger partial charge in [0.1, 0.15) is 0 Å². The van der Waals surface area contributed by atoms with Crippen molar-refractivity contribution < 1.29 is 17.0 Å². The van der Waals surface area contributed by atoms with Crippen LogP contribution in [0.4, 0.5) is 0 Å². The summed E-state index contributed by atoms with van der Waals surface area (Å²) in [5.74, 6) is 0. The van der Waals surface area contributed by atoms with E-state index in [0.717, 1.165) is 0 Å². The number of pyridine rings is 1. The molecule has 192 valence electrons. The first kappa shape index (κ1) is 25.6. The zero-order valence-electron chi connectivity index (χ0n) is 22.3. The Labute approximate surface area is 241 Å². The van der Waals surface area contributed by atoms with Crippen molar-refractivity contribution in [3.05, 3.63) is 157 Å². The third-order valence-corrected chi connectivity index (χ3v) is 7.60. The number of nitrogens with zero attached hydrogens (tertiary/aromatic N) is 1. The van der Waals surface area contributed by atoms with Crippen LogP contribution in [0.1, 0.15) is 5.56 Å². The van der Waals surface area contributed by atoms with Gasteiger partial charge in [-0.3, -0.25) is 0 Å². The van der Waals surface area contributed by atoms with Crippen LogP contribution in [-0.2, 0) is 0 Å². The van der Waals surface area contributed by atoms with Gasteiger partial charge < -0.3 is 12.4 Å². The molecule has 0 spiro atoms. The number of rotatable bonds is 4.